The van der Waals surface area contributed by atoms with Gasteiger partial charge in [0.1, 0.15) is 17.6 Å². The van der Waals surface area contributed by atoms with Crippen molar-refractivity contribution in [2.75, 3.05) is 12.9 Å². The molecule has 3 rings (SSSR count). The summed E-state index contributed by atoms with van der Waals surface area (Å²) in [6.45, 7) is 6.08. The van der Waals surface area contributed by atoms with Crippen molar-refractivity contribution in [2.24, 2.45) is 16.8 Å². The number of aryl methyl sites for hydroxylation is 2. The molecule has 0 aromatic heterocycles. The number of thiocarbonyl (C=S) groups is 1. The third-order valence-corrected chi connectivity index (χ3v) is 10.2. The minimum absolute atomic E-state index is 0.0250. The molecule has 0 radical (unpaired) electrons. The molecule has 2 N–H and O–H groups in total. The number of methoxy groups -OCH3 is 1. The van der Waals surface area contributed by atoms with Gasteiger partial charge in [-0.05, 0) is 81.6 Å². The highest BCUT2D eigenvalue weighted by Gasteiger charge is 2.39. The number of aliphatic imine (C=N–C) groups is 1. The summed E-state index contributed by atoms with van der Waals surface area (Å²) in [6, 6.07) is 0.757. The van der Waals surface area contributed by atoms with E-state index < -0.39 is 34.0 Å². The molecule has 1 aliphatic carbocycles. The quantitative estimate of drug-likeness (QED) is 0.175. The van der Waals surface area contributed by atoms with Gasteiger partial charge in [0.15, 0.2) is 0 Å². The van der Waals surface area contributed by atoms with Gasteiger partial charge in [-0.25, -0.2) is 17.8 Å². The van der Waals surface area contributed by atoms with Gasteiger partial charge in [0.25, 0.3) is 0 Å². The van der Waals surface area contributed by atoms with E-state index >= 15 is 0 Å². The molecule has 0 bridgehead atoms. The maximum Gasteiger partial charge on any atom is 0.404 e. The van der Waals surface area contributed by atoms with E-state index in [1.54, 1.807) is 30.7 Å². The Morgan fingerprint density at radius 1 is 1.17 bits per heavy atom. The number of rotatable bonds is 9. The predicted molar refractivity (Wildman–Crippen MR) is 161 cm³/mol. The van der Waals surface area contributed by atoms with Crippen LogP contribution in [0.4, 0.5) is 17.6 Å². The lowest BCUT2D eigenvalue weighted by molar-refractivity contribution is -0.146. The molecular weight excluding hydrogens is 599 g/mol. The highest BCUT2D eigenvalue weighted by molar-refractivity contribution is 8.14. The maximum atomic E-state index is 14.7. The fourth-order valence-corrected chi connectivity index (χ4v) is 7.26. The number of alkyl halides is 3. The van der Waals surface area contributed by atoms with E-state index in [1.807, 2.05) is 13.0 Å². The van der Waals surface area contributed by atoms with Gasteiger partial charge in [0.2, 0.25) is 15.1 Å². The van der Waals surface area contributed by atoms with Crippen LogP contribution in [0.3, 0.4) is 0 Å². The summed E-state index contributed by atoms with van der Waals surface area (Å²) >= 11 is 6.72. The van der Waals surface area contributed by atoms with Crippen molar-refractivity contribution < 1.29 is 30.7 Å². The summed E-state index contributed by atoms with van der Waals surface area (Å²) in [5, 5.41) is 10.2. The number of hydrogen-bond donors (Lipinski definition) is 2. The number of nitrogens with zero attached hydrogens (tertiary/aromatic N) is 1. The van der Waals surface area contributed by atoms with E-state index in [4.69, 9.17) is 17.0 Å². The SMILES string of the molecule is COC(=S)C1=CCSC(C(C)C(C(=N)c2cc(F)c(C)cc2C)C2=CC=C(S(=O)(=O)NC(C)C(F)(F)F)CCC2)=N1. The Balaban J connectivity index is 2.09. The van der Waals surface area contributed by atoms with Gasteiger partial charge >= 0.3 is 6.18 Å². The zero-order chi connectivity index (χ0) is 30.7. The van der Waals surface area contributed by atoms with E-state index in [1.165, 1.54) is 31.0 Å². The van der Waals surface area contributed by atoms with E-state index in [2.05, 4.69) is 4.99 Å². The van der Waals surface area contributed by atoms with E-state index in [9.17, 15) is 31.4 Å². The average molecular weight is 632 g/mol. The van der Waals surface area contributed by atoms with E-state index in [0.717, 1.165) is 6.92 Å². The number of benzene rings is 1. The molecule has 0 saturated carbocycles. The minimum Gasteiger partial charge on any atom is -0.485 e. The van der Waals surface area contributed by atoms with Crippen LogP contribution in [0.25, 0.3) is 0 Å². The van der Waals surface area contributed by atoms with Crippen molar-refractivity contribution in [1.29, 1.82) is 5.41 Å². The number of allylic oxidation sites excluding steroid dienone is 4. The minimum atomic E-state index is -4.73. The molecule has 1 aromatic rings. The molecule has 2 aliphatic rings. The molecule has 1 heterocycles. The van der Waals surface area contributed by atoms with Gasteiger partial charge in [0.05, 0.1) is 17.1 Å². The second-order valence-electron chi connectivity index (χ2n) is 10.1. The summed E-state index contributed by atoms with van der Waals surface area (Å²) in [7, 11) is -2.95. The summed E-state index contributed by atoms with van der Waals surface area (Å²) in [5.41, 5.74) is 2.91. The molecule has 224 valence electrons. The van der Waals surface area contributed by atoms with Crippen LogP contribution in [0.5, 0.6) is 0 Å². The summed E-state index contributed by atoms with van der Waals surface area (Å²) in [4.78, 5) is 4.51. The molecular formula is C28H33F4N3O3S3. The molecule has 0 fully saturated rings. The van der Waals surface area contributed by atoms with E-state index in [0.29, 0.717) is 51.6 Å². The lowest BCUT2D eigenvalue weighted by Crippen LogP contribution is -2.43. The zero-order valence-corrected chi connectivity index (χ0v) is 25.8. The molecule has 6 nitrogen and oxygen atoms in total. The lowest BCUT2D eigenvalue weighted by Gasteiger charge is -2.30. The van der Waals surface area contributed by atoms with Crippen molar-refractivity contribution >= 4 is 49.8 Å². The van der Waals surface area contributed by atoms with Crippen molar-refractivity contribution in [2.45, 2.75) is 59.2 Å². The van der Waals surface area contributed by atoms with Crippen molar-refractivity contribution in [1.82, 2.24) is 4.72 Å². The van der Waals surface area contributed by atoms with Crippen LogP contribution >= 0.6 is 24.0 Å². The first kappa shape index (κ1) is 33.2. The molecule has 1 aromatic carbocycles. The first-order chi connectivity index (χ1) is 19.1. The topological polar surface area (TPSA) is 91.6 Å². The maximum absolute atomic E-state index is 14.7. The molecule has 13 heteroatoms. The Hall–Kier alpha value is -2.35. The number of hydrogen-bond acceptors (Lipinski definition) is 7. The summed E-state index contributed by atoms with van der Waals surface area (Å²) in [6.07, 6.45) is 0.725. The predicted octanol–water partition coefficient (Wildman–Crippen LogP) is 6.93. The molecule has 0 amide bonds. The number of thioether (sulfide) groups is 1. The Bertz CT molecular complexity index is 1450. The van der Waals surface area contributed by atoms with Gasteiger partial charge in [-0.1, -0.05) is 24.6 Å². The second kappa shape index (κ2) is 13.3. The van der Waals surface area contributed by atoms with Gasteiger partial charge in [-0.2, -0.15) is 17.9 Å². The third-order valence-electron chi connectivity index (χ3n) is 7.07. The molecule has 1 aliphatic heterocycles. The fourth-order valence-electron chi connectivity index (χ4n) is 4.74. The fraction of sp³-hybridized carbons (Fsp3) is 0.464. The van der Waals surface area contributed by atoms with Crippen molar-refractivity contribution in [3.05, 3.63) is 69.0 Å². The molecule has 3 atom stereocenters. The number of ether oxygens (including phenoxy) is 1. The highest BCUT2D eigenvalue weighted by Crippen LogP contribution is 2.37. The summed E-state index contributed by atoms with van der Waals surface area (Å²) in [5.74, 6) is -0.890. The smallest absolute Gasteiger partial charge is 0.404 e. The number of halogens is 4. The van der Waals surface area contributed by atoms with Crippen LogP contribution in [-0.2, 0) is 14.8 Å². The Morgan fingerprint density at radius 3 is 2.49 bits per heavy atom. The van der Waals surface area contributed by atoms with Gasteiger partial charge in [-0.3, -0.25) is 0 Å². The lowest BCUT2D eigenvalue weighted by atomic mass is 9.78. The standard InChI is InChI=1S/C28H33F4N3O3S3/c1-15-13-16(2)22(29)14-21(15)25(33)24(17(3)26-34-23(11-12-40-26)27(39)38-5)19-7-6-8-20(10-9-19)41(36,37)35-18(4)28(30,31)32/h9-11,13-14,17-18,24,33,35H,6-8,12H2,1-5H3. The average Bonchev–Trinajstić information content (AvgIpc) is 3.16. The van der Waals surface area contributed by atoms with Crippen LogP contribution in [0.1, 0.15) is 49.8 Å². The van der Waals surface area contributed by atoms with Crippen LogP contribution in [0, 0.1) is 36.9 Å². The van der Waals surface area contributed by atoms with Crippen LogP contribution in [0.2, 0.25) is 0 Å². The van der Waals surface area contributed by atoms with E-state index in [-0.39, 0.29) is 28.0 Å². The van der Waals surface area contributed by atoms with Gasteiger partial charge in [0, 0.05) is 28.9 Å². The highest BCUT2D eigenvalue weighted by atomic mass is 32.2. The second-order valence-corrected chi connectivity index (χ2v) is 13.2. The Kier molecular flexibility index (Phi) is 10.8. The molecule has 41 heavy (non-hydrogen) atoms. The normalized spacial score (nSPS) is 18.7. The number of sulfonamides is 1. The summed E-state index contributed by atoms with van der Waals surface area (Å²) < 4.78 is 86.3. The third kappa shape index (κ3) is 7.94. The van der Waals surface area contributed by atoms with Crippen LogP contribution in [0.15, 0.2) is 51.5 Å². The molecule has 3 unspecified atom stereocenters. The van der Waals surface area contributed by atoms with Gasteiger partial charge < -0.3 is 10.1 Å². The zero-order valence-electron chi connectivity index (χ0n) is 23.4. The van der Waals surface area contributed by atoms with Crippen molar-refractivity contribution in [3.8, 4) is 0 Å². The van der Waals surface area contributed by atoms with Crippen LogP contribution in [-0.4, -0.2) is 49.3 Å². The van der Waals surface area contributed by atoms with Crippen molar-refractivity contribution in [3.63, 3.8) is 0 Å². The Morgan fingerprint density at radius 2 is 1.85 bits per heavy atom. The van der Waals surface area contributed by atoms with Crippen LogP contribution < -0.4 is 4.72 Å². The number of nitrogens with one attached hydrogen (secondary N) is 2. The first-order valence-corrected chi connectivity index (χ1v) is 15.8. The monoisotopic (exact) mass is 631 g/mol. The molecule has 0 spiro atoms. The first-order valence-electron chi connectivity index (χ1n) is 12.9. The molecule has 0 saturated heterocycles. The Labute approximate surface area is 248 Å². The van der Waals surface area contributed by atoms with Gasteiger partial charge in [-0.15, -0.1) is 11.8 Å². The largest absolute Gasteiger partial charge is 0.485 e.